The molecule has 0 unspecified atom stereocenters. The number of rotatable bonds is 20. The lowest BCUT2D eigenvalue weighted by Gasteiger charge is -2.35. The minimum atomic E-state index is -0.536. The first-order valence-corrected chi connectivity index (χ1v) is 19.0. The van der Waals surface area contributed by atoms with Gasteiger partial charge in [-0.25, -0.2) is 14.3 Å². The Bertz CT molecular complexity index is 1230. The van der Waals surface area contributed by atoms with Crippen LogP contribution in [0.2, 0.25) is 0 Å². The molecule has 0 bridgehead atoms. The van der Waals surface area contributed by atoms with Gasteiger partial charge < -0.3 is 29.9 Å². The molecule has 2 heterocycles. The molecule has 15 heteroatoms. The van der Waals surface area contributed by atoms with Crippen LogP contribution in [0, 0.1) is 0 Å². The molecule has 1 aliphatic rings. The van der Waals surface area contributed by atoms with Gasteiger partial charge in [0.2, 0.25) is 11.8 Å². The van der Waals surface area contributed by atoms with Gasteiger partial charge in [-0.05, 0) is 80.1 Å². The fraction of sp³-hybridized carbons (Fsp3) is 0.811. The molecule has 1 atom stereocenters. The van der Waals surface area contributed by atoms with Crippen molar-refractivity contribution in [3.8, 4) is 0 Å². The first-order chi connectivity index (χ1) is 24.6. The number of hydrogen-bond donors (Lipinski definition) is 2. The normalized spacial score (nSPS) is 13.7. The van der Waals surface area contributed by atoms with Crippen LogP contribution < -0.4 is 10.6 Å². The topological polar surface area (TPSA) is 182 Å². The quantitative estimate of drug-likeness (QED) is 0.160. The number of unbranched alkanes of at least 4 members (excludes halogenated alkanes) is 8. The number of aryl methyl sites for hydroxylation is 1. The third-order valence-electron chi connectivity index (χ3n) is 8.16. The molecule has 0 aliphatic carbocycles. The Hall–Kier alpha value is -4.00. The van der Waals surface area contributed by atoms with Crippen molar-refractivity contribution in [1.29, 1.82) is 0 Å². The Morgan fingerprint density at radius 3 is 1.87 bits per heavy atom. The van der Waals surface area contributed by atoms with Gasteiger partial charge in [-0.3, -0.25) is 9.59 Å². The molecule has 4 amide bonds. The second-order valence-electron chi connectivity index (χ2n) is 15.2. The summed E-state index contributed by atoms with van der Waals surface area (Å²) in [7, 11) is 0. The summed E-state index contributed by atoms with van der Waals surface area (Å²) in [4.78, 5) is 69.7. The number of alkyl carbamates (subject to hydrolysis) is 1. The molecule has 1 fully saturated rings. The maximum atomic E-state index is 13.2. The average Bonchev–Trinajstić information content (AvgIpc) is 3.52. The number of carbonyl (C=O) groups is 4. The molecule has 15 nitrogen and oxygen atoms in total. The van der Waals surface area contributed by atoms with Crippen molar-refractivity contribution in [1.82, 2.24) is 35.4 Å². The molecule has 0 aromatic carbocycles. The standard InChI is InChI=1S/C36H65N7O6.CO2/c1-8-19-29-28-43(40-39-29)30(20-16-18-23-38-33(46)48-35(2,3)4)32(45)37-22-17-14-12-10-9-11-13-15-21-31(44)41-24-26-42(27-25-41)34(47)49-36(5,6)7;2-1-3/h28,30H,8-27H2,1-7H3,(H,37,45)(H,38,46);/t30-;/m0./s1. The third-order valence-corrected chi connectivity index (χ3v) is 8.16. The van der Waals surface area contributed by atoms with E-state index in [0.29, 0.717) is 52.1 Å². The van der Waals surface area contributed by atoms with Gasteiger partial charge in [-0.1, -0.05) is 57.1 Å². The summed E-state index contributed by atoms with van der Waals surface area (Å²) in [6.45, 7) is 16.4. The van der Waals surface area contributed by atoms with Crippen LogP contribution in [0.1, 0.15) is 144 Å². The first kappa shape index (κ1) is 46.0. The van der Waals surface area contributed by atoms with Gasteiger partial charge in [0.25, 0.3) is 0 Å². The fourth-order valence-corrected chi connectivity index (χ4v) is 5.60. The van der Waals surface area contributed by atoms with Crippen LogP contribution >= 0.6 is 0 Å². The Morgan fingerprint density at radius 1 is 0.769 bits per heavy atom. The van der Waals surface area contributed by atoms with E-state index in [1.807, 2.05) is 52.6 Å². The summed E-state index contributed by atoms with van der Waals surface area (Å²) in [6, 6.07) is -0.437. The molecule has 296 valence electrons. The van der Waals surface area contributed by atoms with Crippen LogP contribution in [0.25, 0.3) is 0 Å². The minimum absolute atomic E-state index is 0.0486. The van der Waals surface area contributed by atoms with E-state index in [0.717, 1.165) is 82.7 Å². The van der Waals surface area contributed by atoms with E-state index in [-0.39, 0.29) is 24.1 Å². The summed E-state index contributed by atoms with van der Waals surface area (Å²) in [5, 5.41) is 14.4. The molecule has 0 spiro atoms. The maximum Gasteiger partial charge on any atom is 0.410 e. The number of aromatic nitrogens is 3. The Labute approximate surface area is 310 Å². The van der Waals surface area contributed by atoms with Gasteiger partial charge in [0.15, 0.2) is 0 Å². The largest absolute Gasteiger partial charge is 0.444 e. The highest BCUT2D eigenvalue weighted by Crippen LogP contribution is 2.17. The van der Waals surface area contributed by atoms with Gasteiger partial charge in [-0.15, -0.1) is 5.10 Å². The number of amides is 4. The second-order valence-corrected chi connectivity index (χ2v) is 15.2. The van der Waals surface area contributed by atoms with E-state index >= 15 is 0 Å². The van der Waals surface area contributed by atoms with E-state index in [1.165, 1.54) is 0 Å². The number of ether oxygens (including phenoxy) is 2. The van der Waals surface area contributed by atoms with Crippen molar-refractivity contribution in [2.45, 2.75) is 156 Å². The lowest BCUT2D eigenvalue weighted by atomic mass is 10.1. The summed E-state index contributed by atoms with van der Waals surface area (Å²) >= 11 is 0. The number of nitrogens with one attached hydrogen (secondary N) is 2. The van der Waals surface area contributed by atoms with E-state index in [9.17, 15) is 19.2 Å². The highest BCUT2D eigenvalue weighted by atomic mass is 16.6. The molecular weight excluding hydrogens is 670 g/mol. The molecule has 0 saturated carbocycles. The van der Waals surface area contributed by atoms with Crippen LogP contribution in [-0.2, 0) is 35.1 Å². The first-order valence-electron chi connectivity index (χ1n) is 19.0. The van der Waals surface area contributed by atoms with Crippen molar-refractivity contribution < 1.29 is 38.2 Å². The molecule has 2 N–H and O–H groups in total. The van der Waals surface area contributed by atoms with Gasteiger partial charge in [0, 0.05) is 51.9 Å². The van der Waals surface area contributed by atoms with Gasteiger partial charge in [-0.2, -0.15) is 9.59 Å². The van der Waals surface area contributed by atoms with Crippen molar-refractivity contribution in [2.75, 3.05) is 39.3 Å². The number of carbonyl (C=O) groups excluding carboxylic acids is 6. The molecule has 52 heavy (non-hydrogen) atoms. The average molecular weight is 736 g/mol. The zero-order valence-corrected chi connectivity index (χ0v) is 32.8. The van der Waals surface area contributed by atoms with Crippen molar-refractivity contribution in [3.63, 3.8) is 0 Å². The molecule has 1 aliphatic heterocycles. The van der Waals surface area contributed by atoms with Crippen molar-refractivity contribution in [2.24, 2.45) is 0 Å². The zero-order valence-electron chi connectivity index (χ0n) is 32.8. The summed E-state index contributed by atoms with van der Waals surface area (Å²) in [5.41, 5.74) is -0.170. The minimum Gasteiger partial charge on any atom is -0.444 e. The summed E-state index contributed by atoms with van der Waals surface area (Å²) < 4.78 is 12.4. The van der Waals surface area contributed by atoms with Crippen molar-refractivity contribution >= 4 is 30.2 Å². The van der Waals surface area contributed by atoms with Crippen LogP contribution in [0.15, 0.2) is 6.20 Å². The molecule has 1 aromatic heterocycles. The van der Waals surface area contributed by atoms with E-state index < -0.39 is 23.3 Å². The lowest BCUT2D eigenvalue weighted by molar-refractivity contribution is -0.191. The van der Waals surface area contributed by atoms with Crippen LogP contribution in [0.5, 0.6) is 0 Å². The Kier molecular flexibility index (Phi) is 22.2. The van der Waals surface area contributed by atoms with E-state index in [1.54, 1.807) is 9.58 Å². The fourth-order valence-electron chi connectivity index (χ4n) is 5.60. The van der Waals surface area contributed by atoms with Crippen LogP contribution in [0.3, 0.4) is 0 Å². The Morgan fingerprint density at radius 2 is 1.29 bits per heavy atom. The summed E-state index contributed by atoms with van der Waals surface area (Å²) in [5.74, 6) is 0.126. The van der Waals surface area contributed by atoms with Crippen molar-refractivity contribution in [3.05, 3.63) is 11.9 Å². The molecule has 1 saturated heterocycles. The van der Waals surface area contributed by atoms with Crippen LogP contribution in [0.4, 0.5) is 9.59 Å². The predicted octanol–water partition coefficient (Wildman–Crippen LogP) is 5.59. The number of piperazine rings is 1. The van der Waals surface area contributed by atoms with E-state index in [2.05, 4.69) is 27.9 Å². The zero-order chi connectivity index (χ0) is 39.0. The second kappa shape index (κ2) is 25.1. The number of hydrogen-bond acceptors (Lipinski definition) is 10. The van der Waals surface area contributed by atoms with Crippen LogP contribution in [-0.4, -0.2) is 105 Å². The lowest BCUT2D eigenvalue weighted by Crippen LogP contribution is -2.51. The highest BCUT2D eigenvalue weighted by Gasteiger charge is 2.27. The molecule has 2 rings (SSSR count). The SMILES string of the molecule is CCCc1cn([C@@H](CCCCNC(=O)OC(C)(C)C)C(=O)NCCCCCCCCCCC(=O)N2CCN(C(=O)OC(C)(C)C)CC2)nn1.O=C=O. The van der Waals surface area contributed by atoms with E-state index in [4.69, 9.17) is 19.1 Å². The van der Waals surface area contributed by atoms with Gasteiger partial charge in [0.05, 0.1) is 5.69 Å². The predicted molar refractivity (Wildman–Crippen MR) is 195 cm³/mol. The highest BCUT2D eigenvalue weighted by molar-refractivity contribution is 5.80. The Balaban J connectivity index is 0.00000434. The number of nitrogens with zero attached hydrogens (tertiary/aromatic N) is 5. The third kappa shape index (κ3) is 21.4. The molecule has 0 radical (unpaired) electrons. The molecule has 1 aromatic rings. The maximum absolute atomic E-state index is 13.2. The monoisotopic (exact) mass is 735 g/mol. The molecular formula is C37H65N7O8. The smallest absolute Gasteiger partial charge is 0.410 e. The van der Waals surface area contributed by atoms with Gasteiger partial charge in [0.1, 0.15) is 17.2 Å². The van der Waals surface area contributed by atoms with Gasteiger partial charge >= 0.3 is 18.3 Å². The summed E-state index contributed by atoms with van der Waals surface area (Å²) in [6.07, 6.45) is 14.2.